The molecule has 2 aromatic carbocycles. The van der Waals surface area contributed by atoms with Gasteiger partial charge in [-0.25, -0.2) is 8.78 Å². The number of halogens is 3. The summed E-state index contributed by atoms with van der Waals surface area (Å²) in [7, 11) is 0. The van der Waals surface area contributed by atoms with E-state index in [9.17, 15) is 18.4 Å². The number of benzene rings is 2. The molecule has 1 heterocycles. The first-order valence-corrected chi connectivity index (χ1v) is 8.05. The van der Waals surface area contributed by atoms with Gasteiger partial charge in [0.1, 0.15) is 11.6 Å². The Kier molecular flexibility index (Phi) is 4.72. The van der Waals surface area contributed by atoms with Crippen molar-refractivity contribution in [2.45, 2.75) is 13.5 Å². The van der Waals surface area contributed by atoms with Gasteiger partial charge in [0.2, 0.25) is 0 Å². The van der Waals surface area contributed by atoms with Gasteiger partial charge in [-0.1, -0.05) is 23.7 Å². The van der Waals surface area contributed by atoms with Gasteiger partial charge < -0.3 is 9.80 Å². The van der Waals surface area contributed by atoms with E-state index in [0.717, 1.165) is 6.07 Å². The summed E-state index contributed by atoms with van der Waals surface area (Å²) in [5.41, 5.74) is 1.65. The van der Waals surface area contributed by atoms with Crippen molar-refractivity contribution in [1.29, 1.82) is 0 Å². The largest absolute Gasteiger partial charge is 0.328 e. The van der Waals surface area contributed by atoms with Crippen LogP contribution in [0.3, 0.4) is 0 Å². The van der Waals surface area contributed by atoms with Crippen molar-refractivity contribution in [3.8, 4) is 0 Å². The molecule has 25 heavy (non-hydrogen) atoms. The second kappa shape index (κ2) is 6.80. The molecule has 0 aromatic heterocycles. The molecule has 0 spiro atoms. The Morgan fingerprint density at radius 1 is 1.00 bits per heavy atom. The van der Waals surface area contributed by atoms with Gasteiger partial charge in [-0.15, -0.1) is 0 Å². The first kappa shape index (κ1) is 17.4. The molecule has 2 amide bonds. The van der Waals surface area contributed by atoms with Crippen LogP contribution in [0.15, 0.2) is 36.4 Å². The second-order valence-corrected chi connectivity index (χ2v) is 6.26. The van der Waals surface area contributed by atoms with E-state index in [1.54, 1.807) is 13.0 Å². The molecule has 0 bridgehead atoms. The standard InChI is InChI=1S/C18H15ClF2N2O2/c1-11-2-4-14(21)9-16(11)23-7-6-22(17(24)18(23)25)10-12-3-5-13(20)8-15(12)19/h2-5,8-9H,6-7,10H2,1H3. The minimum Gasteiger partial charge on any atom is -0.328 e. The average molecular weight is 365 g/mol. The maximum atomic E-state index is 13.5. The van der Waals surface area contributed by atoms with Gasteiger partial charge in [-0.05, 0) is 42.3 Å². The summed E-state index contributed by atoms with van der Waals surface area (Å²) < 4.78 is 26.6. The number of hydrogen-bond acceptors (Lipinski definition) is 2. The molecule has 3 rings (SSSR count). The Morgan fingerprint density at radius 3 is 2.40 bits per heavy atom. The third-order valence-electron chi connectivity index (χ3n) is 4.15. The van der Waals surface area contributed by atoms with E-state index in [-0.39, 0.29) is 24.7 Å². The number of piperazine rings is 1. The molecule has 4 nitrogen and oxygen atoms in total. The van der Waals surface area contributed by atoms with Gasteiger partial charge in [0.25, 0.3) is 0 Å². The van der Waals surface area contributed by atoms with Crippen LogP contribution in [0.2, 0.25) is 5.02 Å². The summed E-state index contributed by atoms with van der Waals surface area (Å²) in [5.74, 6) is -2.36. The molecule has 0 saturated carbocycles. The number of anilines is 1. The maximum absolute atomic E-state index is 13.5. The molecule has 1 fully saturated rings. The fourth-order valence-electron chi connectivity index (χ4n) is 2.78. The van der Waals surface area contributed by atoms with E-state index in [1.807, 2.05) is 0 Å². The molecule has 1 saturated heterocycles. The van der Waals surface area contributed by atoms with E-state index < -0.39 is 23.4 Å². The summed E-state index contributed by atoms with van der Waals surface area (Å²) in [6.07, 6.45) is 0. The van der Waals surface area contributed by atoms with Crippen LogP contribution in [0.1, 0.15) is 11.1 Å². The smallest absolute Gasteiger partial charge is 0.316 e. The zero-order valence-corrected chi connectivity index (χ0v) is 14.2. The Balaban J connectivity index is 1.80. The van der Waals surface area contributed by atoms with Crippen molar-refractivity contribution in [2.75, 3.05) is 18.0 Å². The molecular formula is C18H15ClF2N2O2. The lowest BCUT2D eigenvalue weighted by molar-refractivity contribution is -0.146. The van der Waals surface area contributed by atoms with Crippen molar-refractivity contribution in [3.05, 3.63) is 64.2 Å². The van der Waals surface area contributed by atoms with Crippen LogP contribution in [-0.2, 0) is 16.1 Å². The fraction of sp³-hybridized carbons (Fsp3) is 0.222. The van der Waals surface area contributed by atoms with Crippen LogP contribution in [0.25, 0.3) is 0 Å². The van der Waals surface area contributed by atoms with E-state index in [1.165, 1.54) is 34.1 Å². The maximum Gasteiger partial charge on any atom is 0.316 e. The number of aryl methyl sites for hydroxylation is 1. The average Bonchev–Trinajstić information content (AvgIpc) is 2.57. The Labute approximate surface area is 148 Å². The lowest BCUT2D eigenvalue weighted by atomic mass is 10.1. The highest BCUT2D eigenvalue weighted by atomic mass is 35.5. The number of rotatable bonds is 3. The summed E-state index contributed by atoms with van der Waals surface area (Å²) >= 11 is 5.98. The van der Waals surface area contributed by atoms with Gasteiger partial charge in [-0.3, -0.25) is 9.59 Å². The van der Waals surface area contributed by atoms with Gasteiger partial charge in [0, 0.05) is 24.7 Å². The lowest BCUT2D eigenvalue weighted by Crippen LogP contribution is -2.54. The van der Waals surface area contributed by atoms with Crippen molar-refractivity contribution in [3.63, 3.8) is 0 Å². The highest BCUT2D eigenvalue weighted by Crippen LogP contribution is 2.25. The quantitative estimate of drug-likeness (QED) is 0.784. The van der Waals surface area contributed by atoms with E-state index in [0.29, 0.717) is 16.8 Å². The van der Waals surface area contributed by atoms with E-state index >= 15 is 0 Å². The Morgan fingerprint density at radius 2 is 1.68 bits per heavy atom. The van der Waals surface area contributed by atoms with E-state index in [2.05, 4.69) is 0 Å². The molecule has 7 heteroatoms. The first-order valence-electron chi connectivity index (χ1n) is 7.67. The number of carbonyl (C=O) groups is 2. The molecule has 0 N–H and O–H groups in total. The van der Waals surface area contributed by atoms with Crippen LogP contribution >= 0.6 is 11.6 Å². The number of carbonyl (C=O) groups excluding carboxylic acids is 2. The van der Waals surface area contributed by atoms with E-state index in [4.69, 9.17) is 11.6 Å². The van der Waals surface area contributed by atoms with Crippen molar-refractivity contribution >= 4 is 29.1 Å². The highest BCUT2D eigenvalue weighted by molar-refractivity contribution is 6.41. The zero-order chi connectivity index (χ0) is 18.1. The van der Waals surface area contributed by atoms with Gasteiger partial charge >= 0.3 is 11.8 Å². The fourth-order valence-corrected chi connectivity index (χ4v) is 3.01. The number of amides is 2. The molecule has 0 unspecified atom stereocenters. The third kappa shape index (κ3) is 3.49. The third-order valence-corrected chi connectivity index (χ3v) is 4.50. The Bertz CT molecular complexity index is 857. The summed E-state index contributed by atoms with van der Waals surface area (Å²) in [5, 5.41) is 0.198. The van der Waals surface area contributed by atoms with Crippen LogP contribution in [0.5, 0.6) is 0 Å². The highest BCUT2D eigenvalue weighted by Gasteiger charge is 2.34. The van der Waals surface area contributed by atoms with Crippen molar-refractivity contribution < 1.29 is 18.4 Å². The predicted molar refractivity (Wildman–Crippen MR) is 90.3 cm³/mol. The van der Waals surface area contributed by atoms with Crippen LogP contribution in [0.4, 0.5) is 14.5 Å². The number of hydrogen-bond donors (Lipinski definition) is 0. The molecule has 2 aromatic rings. The predicted octanol–water partition coefficient (Wildman–Crippen LogP) is 3.30. The van der Waals surface area contributed by atoms with Gasteiger partial charge in [-0.2, -0.15) is 0 Å². The molecular weight excluding hydrogens is 350 g/mol. The summed E-state index contributed by atoms with van der Waals surface area (Å²) in [6, 6.07) is 8.01. The normalized spacial score (nSPS) is 15.0. The molecule has 0 aliphatic carbocycles. The summed E-state index contributed by atoms with van der Waals surface area (Å²) in [4.78, 5) is 27.5. The van der Waals surface area contributed by atoms with Crippen LogP contribution < -0.4 is 4.90 Å². The van der Waals surface area contributed by atoms with Crippen LogP contribution in [0, 0.1) is 18.6 Å². The van der Waals surface area contributed by atoms with Crippen LogP contribution in [-0.4, -0.2) is 29.8 Å². The molecule has 130 valence electrons. The topological polar surface area (TPSA) is 40.6 Å². The Hall–Kier alpha value is -2.47. The monoisotopic (exact) mass is 364 g/mol. The van der Waals surface area contributed by atoms with Gasteiger partial charge in [0.15, 0.2) is 0 Å². The molecule has 1 aliphatic heterocycles. The van der Waals surface area contributed by atoms with Gasteiger partial charge in [0.05, 0.1) is 5.69 Å². The minimum absolute atomic E-state index is 0.111. The minimum atomic E-state index is -0.724. The molecule has 0 atom stereocenters. The SMILES string of the molecule is Cc1ccc(F)cc1N1CCN(Cc2ccc(F)cc2Cl)C(=O)C1=O. The molecule has 0 radical (unpaired) electrons. The lowest BCUT2D eigenvalue weighted by Gasteiger charge is -2.34. The zero-order valence-electron chi connectivity index (χ0n) is 13.4. The van der Waals surface area contributed by atoms with Crippen molar-refractivity contribution in [1.82, 2.24) is 4.90 Å². The summed E-state index contributed by atoms with van der Waals surface area (Å²) in [6.45, 7) is 2.37. The number of nitrogens with zero attached hydrogens (tertiary/aromatic N) is 2. The van der Waals surface area contributed by atoms with Crippen molar-refractivity contribution in [2.24, 2.45) is 0 Å². The first-order chi connectivity index (χ1) is 11.9. The molecule has 1 aliphatic rings. The second-order valence-electron chi connectivity index (χ2n) is 5.85.